The Balaban J connectivity index is 1.57. The molecule has 1 aromatic heterocycles. The molecule has 0 N–H and O–H groups in total. The van der Waals surface area contributed by atoms with E-state index in [1.165, 1.54) is 4.85 Å². The molecule has 0 saturated carbocycles. The Labute approximate surface area is 124 Å². The van der Waals surface area contributed by atoms with Crippen LogP contribution >= 0.6 is 11.6 Å². The van der Waals surface area contributed by atoms with Gasteiger partial charge in [0.25, 0.3) is 0 Å². The fourth-order valence-electron chi connectivity index (χ4n) is 2.13. The molecule has 0 amide bonds. The van der Waals surface area contributed by atoms with Crippen molar-refractivity contribution < 1.29 is 14.3 Å². The Kier molecular flexibility index (Phi) is 2.82. The van der Waals surface area contributed by atoms with E-state index in [9.17, 15) is 0 Å². The molecule has 0 radical (unpaired) electrons. The highest BCUT2D eigenvalue weighted by Gasteiger charge is 2.13. The lowest BCUT2D eigenvalue weighted by Gasteiger charge is -2.06. The molecule has 3 aromatic rings. The maximum Gasteiger partial charge on any atom is 0.231 e. The zero-order valence-electron chi connectivity index (χ0n) is 10.8. The smallest absolute Gasteiger partial charge is 0.231 e. The molecule has 0 atom stereocenters. The second-order valence-electron chi connectivity index (χ2n) is 4.56. The van der Waals surface area contributed by atoms with Gasteiger partial charge in [-0.3, -0.25) is 0 Å². The lowest BCUT2D eigenvalue weighted by molar-refractivity contribution is 0.0750. The summed E-state index contributed by atoms with van der Waals surface area (Å²) < 4.78 is 10.6. The van der Waals surface area contributed by atoms with E-state index in [0.29, 0.717) is 11.6 Å². The Hall–Kier alpha value is -2.47. The first-order valence-electron chi connectivity index (χ1n) is 6.32. The summed E-state index contributed by atoms with van der Waals surface area (Å²) in [6.07, 6.45) is 0. The summed E-state index contributed by atoms with van der Waals surface area (Å²) >= 11 is 5.97. The third-order valence-corrected chi connectivity index (χ3v) is 3.40. The van der Waals surface area contributed by atoms with Crippen LogP contribution in [-0.4, -0.2) is 22.0 Å². The van der Waals surface area contributed by atoms with Crippen LogP contribution in [0.25, 0.3) is 11.0 Å². The molecule has 7 heteroatoms. The molecule has 0 bridgehead atoms. The maximum atomic E-state index is 5.97. The van der Waals surface area contributed by atoms with Crippen molar-refractivity contribution in [2.75, 3.05) is 6.79 Å². The zero-order chi connectivity index (χ0) is 14.2. The Morgan fingerprint density at radius 1 is 1.14 bits per heavy atom. The highest BCUT2D eigenvalue weighted by molar-refractivity contribution is 6.31. The predicted octanol–water partition coefficient (Wildman–Crippen LogP) is 2.44. The van der Waals surface area contributed by atoms with Crippen LogP contribution in [0.1, 0.15) is 5.56 Å². The van der Waals surface area contributed by atoms with E-state index in [1.807, 2.05) is 18.2 Å². The van der Waals surface area contributed by atoms with Crippen LogP contribution in [0.15, 0.2) is 36.4 Å². The molecule has 21 heavy (non-hydrogen) atoms. The number of fused-ring (bicyclic) bond motifs is 2. The van der Waals surface area contributed by atoms with Crippen LogP contribution < -0.4 is 14.3 Å². The van der Waals surface area contributed by atoms with E-state index in [0.717, 1.165) is 28.1 Å². The zero-order valence-corrected chi connectivity index (χ0v) is 11.6. The van der Waals surface area contributed by atoms with Crippen LogP contribution in [0.3, 0.4) is 0 Å². The van der Waals surface area contributed by atoms with Gasteiger partial charge in [0.1, 0.15) is 17.6 Å². The normalized spacial score (nSPS) is 12.8. The average molecular weight is 304 g/mol. The van der Waals surface area contributed by atoms with Gasteiger partial charge >= 0.3 is 0 Å². The van der Waals surface area contributed by atoms with Gasteiger partial charge in [-0.1, -0.05) is 22.5 Å². The minimum absolute atomic E-state index is 0.256. The topological polar surface area (TPSA) is 58.4 Å². The lowest BCUT2D eigenvalue weighted by atomic mass is 10.2. The third kappa shape index (κ3) is 2.23. The van der Waals surface area contributed by atoms with Crippen molar-refractivity contribution in [1.29, 1.82) is 0 Å². The summed E-state index contributed by atoms with van der Waals surface area (Å²) in [6.45, 7) is 0.591. The van der Waals surface area contributed by atoms with E-state index in [-0.39, 0.29) is 6.79 Å². The first kappa shape index (κ1) is 12.3. The molecular weight excluding hydrogens is 294 g/mol. The van der Waals surface area contributed by atoms with E-state index < -0.39 is 0 Å². The van der Waals surface area contributed by atoms with Gasteiger partial charge in [-0.2, -0.15) is 0 Å². The molecular formula is C14H10ClN3O3. The molecule has 106 valence electrons. The summed E-state index contributed by atoms with van der Waals surface area (Å²) in [5.41, 5.74) is 2.40. The molecule has 0 saturated heterocycles. The van der Waals surface area contributed by atoms with Crippen LogP contribution in [0.2, 0.25) is 5.02 Å². The number of benzene rings is 2. The summed E-state index contributed by atoms with van der Waals surface area (Å²) in [4.78, 5) is 7.02. The van der Waals surface area contributed by atoms with Crippen LogP contribution in [-0.2, 0) is 6.61 Å². The molecule has 2 aromatic carbocycles. The molecule has 1 aliphatic rings. The van der Waals surface area contributed by atoms with Gasteiger partial charge < -0.3 is 14.3 Å². The Bertz CT molecular complexity index is 818. The van der Waals surface area contributed by atoms with Crippen molar-refractivity contribution in [2.45, 2.75) is 6.61 Å². The van der Waals surface area contributed by atoms with Gasteiger partial charge in [-0.15, -0.1) is 5.10 Å². The van der Waals surface area contributed by atoms with Gasteiger partial charge in [0, 0.05) is 5.02 Å². The highest BCUT2D eigenvalue weighted by atomic mass is 35.5. The number of rotatable bonds is 3. The fraction of sp³-hybridized carbons (Fsp3) is 0.143. The van der Waals surface area contributed by atoms with Gasteiger partial charge in [0.2, 0.25) is 6.79 Å². The number of hydrogen-bond acceptors (Lipinski definition) is 5. The number of ether oxygens (including phenoxy) is 2. The second kappa shape index (κ2) is 4.82. The first-order chi connectivity index (χ1) is 10.3. The van der Waals surface area contributed by atoms with E-state index in [1.54, 1.807) is 18.2 Å². The third-order valence-electron chi connectivity index (χ3n) is 3.17. The summed E-state index contributed by atoms with van der Waals surface area (Å²) in [5, 5.41) is 8.58. The fourth-order valence-corrected chi connectivity index (χ4v) is 2.30. The van der Waals surface area contributed by atoms with Crippen molar-refractivity contribution in [3.8, 4) is 11.5 Å². The number of hydrogen-bond donors (Lipinski definition) is 0. The Morgan fingerprint density at radius 2 is 2.05 bits per heavy atom. The minimum atomic E-state index is 0.256. The summed E-state index contributed by atoms with van der Waals surface area (Å²) in [6, 6.07) is 11.0. The van der Waals surface area contributed by atoms with Gasteiger partial charge in [-0.25, -0.2) is 0 Å². The number of nitrogens with zero attached hydrogens (tertiary/aromatic N) is 3. The Morgan fingerprint density at radius 3 is 3.00 bits per heavy atom. The van der Waals surface area contributed by atoms with Crippen molar-refractivity contribution >= 4 is 22.6 Å². The van der Waals surface area contributed by atoms with Crippen molar-refractivity contribution in [1.82, 2.24) is 15.2 Å². The standard InChI is InChI=1S/C14H10ClN3O3/c15-10-2-3-11-12(6-10)18(17-16-11)21-7-9-1-4-13-14(5-9)20-8-19-13/h1-6H,7-8H2. The van der Waals surface area contributed by atoms with Crippen LogP contribution in [0, 0.1) is 0 Å². The SMILES string of the molecule is Clc1ccc2nnn(OCc3ccc4c(c3)OCO4)c2c1. The van der Waals surface area contributed by atoms with Gasteiger partial charge in [-0.05, 0) is 41.1 Å². The maximum absolute atomic E-state index is 5.97. The first-order valence-corrected chi connectivity index (χ1v) is 6.70. The average Bonchev–Trinajstić information content (AvgIpc) is 3.10. The van der Waals surface area contributed by atoms with Crippen molar-refractivity contribution in [3.63, 3.8) is 0 Å². The molecule has 2 heterocycles. The minimum Gasteiger partial charge on any atom is -0.454 e. The van der Waals surface area contributed by atoms with Crippen molar-refractivity contribution in [2.24, 2.45) is 0 Å². The van der Waals surface area contributed by atoms with E-state index in [2.05, 4.69) is 10.3 Å². The molecule has 0 unspecified atom stereocenters. The molecule has 0 aliphatic carbocycles. The quantitative estimate of drug-likeness (QED) is 0.744. The summed E-state index contributed by atoms with van der Waals surface area (Å²) in [7, 11) is 0. The van der Waals surface area contributed by atoms with E-state index in [4.69, 9.17) is 25.9 Å². The van der Waals surface area contributed by atoms with Crippen molar-refractivity contribution in [3.05, 3.63) is 47.0 Å². The van der Waals surface area contributed by atoms with Gasteiger partial charge in [0.05, 0.1) is 0 Å². The van der Waals surface area contributed by atoms with Crippen LogP contribution in [0.4, 0.5) is 0 Å². The lowest BCUT2D eigenvalue weighted by Crippen LogP contribution is -2.12. The second-order valence-corrected chi connectivity index (χ2v) is 4.99. The highest BCUT2D eigenvalue weighted by Crippen LogP contribution is 2.32. The number of aromatic nitrogens is 3. The van der Waals surface area contributed by atoms with Gasteiger partial charge in [0.15, 0.2) is 11.5 Å². The molecule has 6 nitrogen and oxygen atoms in total. The predicted molar refractivity (Wildman–Crippen MR) is 75.4 cm³/mol. The van der Waals surface area contributed by atoms with Crippen LogP contribution in [0.5, 0.6) is 11.5 Å². The molecule has 1 aliphatic heterocycles. The molecule has 0 spiro atoms. The van der Waals surface area contributed by atoms with E-state index >= 15 is 0 Å². The molecule has 4 rings (SSSR count). The monoisotopic (exact) mass is 303 g/mol. The molecule has 0 fully saturated rings. The largest absolute Gasteiger partial charge is 0.454 e. The number of halogens is 1. The summed E-state index contributed by atoms with van der Waals surface area (Å²) in [5.74, 6) is 1.47.